The number of rotatable bonds is 5. The molecule has 0 spiro atoms. The standard InChI is InChI=1S/C12H19BrN2/c1-4-5-10-6-11(15-8-14-10)7-12(13)9(2)3/h6,8-9,12H,4-5,7H2,1-3H3. The molecule has 2 nitrogen and oxygen atoms in total. The predicted octanol–water partition coefficient (Wildman–Crippen LogP) is 3.39. The molecular weight excluding hydrogens is 252 g/mol. The summed E-state index contributed by atoms with van der Waals surface area (Å²) in [6.07, 6.45) is 4.85. The number of hydrogen-bond donors (Lipinski definition) is 0. The van der Waals surface area contributed by atoms with Crippen molar-refractivity contribution in [3.05, 3.63) is 23.8 Å². The number of hydrogen-bond acceptors (Lipinski definition) is 2. The van der Waals surface area contributed by atoms with Crippen LogP contribution in [0.15, 0.2) is 12.4 Å². The van der Waals surface area contributed by atoms with Crippen molar-refractivity contribution in [2.75, 3.05) is 0 Å². The van der Waals surface area contributed by atoms with E-state index in [-0.39, 0.29) is 0 Å². The molecule has 1 aromatic heterocycles. The number of alkyl halides is 1. The Hall–Kier alpha value is -0.440. The molecule has 0 aliphatic carbocycles. The average molecular weight is 271 g/mol. The highest BCUT2D eigenvalue weighted by molar-refractivity contribution is 9.09. The van der Waals surface area contributed by atoms with Crippen molar-refractivity contribution in [2.45, 2.75) is 44.9 Å². The maximum absolute atomic E-state index is 4.30. The van der Waals surface area contributed by atoms with Crippen molar-refractivity contribution >= 4 is 15.9 Å². The maximum Gasteiger partial charge on any atom is 0.115 e. The van der Waals surface area contributed by atoms with Crippen LogP contribution >= 0.6 is 15.9 Å². The molecule has 0 fully saturated rings. The van der Waals surface area contributed by atoms with Crippen LogP contribution in [0.2, 0.25) is 0 Å². The lowest BCUT2D eigenvalue weighted by molar-refractivity contribution is 0.606. The highest BCUT2D eigenvalue weighted by Crippen LogP contribution is 2.16. The summed E-state index contributed by atoms with van der Waals surface area (Å²) in [5.41, 5.74) is 2.30. The van der Waals surface area contributed by atoms with Gasteiger partial charge < -0.3 is 0 Å². The van der Waals surface area contributed by atoms with Gasteiger partial charge in [-0.15, -0.1) is 0 Å². The first-order valence-electron chi connectivity index (χ1n) is 5.57. The molecule has 1 rings (SSSR count). The largest absolute Gasteiger partial charge is 0.241 e. The molecule has 1 aromatic rings. The second-order valence-corrected chi connectivity index (χ2v) is 5.39. The minimum absolute atomic E-state index is 0.502. The minimum Gasteiger partial charge on any atom is -0.241 e. The first-order chi connectivity index (χ1) is 7.13. The van der Waals surface area contributed by atoms with E-state index in [2.05, 4.69) is 52.7 Å². The molecule has 0 radical (unpaired) electrons. The van der Waals surface area contributed by atoms with Gasteiger partial charge >= 0.3 is 0 Å². The van der Waals surface area contributed by atoms with E-state index in [9.17, 15) is 0 Å². The summed E-state index contributed by atoms with van der Waals surface area (Å²) in [5.74, 6) is 0.634. The van der Waals surface area contributed by atoms with Crippen LogP contribution in [0.5, 0.6) is 0 Å². The Morgan fingerprint density at radius 3 is 2.53 bits per heavy atom. The van der Waals surface area contributed by atoms with Gasteiger partial charge in [0.1, 0.15) is 6.33 Å². The van der Waals surface area contributed by atoms with Gasteiger partial charge in [0.2, 0.25) is 0 Å². The van der Waals surface area contributed by atoms with Crippen molar-refractivity contribution in [3.63, 3.8) is 0 Å². The second kappa shape index (κ2) is 6.21. The molecular formula is C12H19BrN2. The van der Waals surface area contributed by atoms with Crippen LogP contribution in [0.25, 0.3) is 0 Å². The lowest BCUT2D eigenvalue weighted by Gasteiger charge is -2.13. The van der Waals surface area contributed by atoms with E-state index in [0.717, 1.165) is 30.7 Å². The van der Waals surface area contributed by atoms with E-state index >= 15 is 0 Å². The summed E-state index contributed by atoms with van der Waals surface area (Å²) in [5, 5.41) is 0. The Bertz CT molecular complexity index is 299. The van der Waals surface area contributed by atoms with Gasteiger partial charge in [-0.25, -0.2) is 9.97 Å². The number of nitrogens with zero attached hydrogens (tertiary/aromatic N) is 2. The van der Waals surface area contributed by atoms with E-state index in [4.69, 9.17) is 0 Å². The van der Waals surface area contributed by atoms with E-state index in [0.29, 0.717) is 10.7 Å². The van der Waals surface area contributed by atoms with Gasteiger partial charge in [-0.05, 0) is 18.4 Å². The second-order valence-electron chi connectivity index (χ2n) is 4.21. The Morgan fingerprint density at radius 1 is 1.27 bits per heavy atom. The molecule has 0 saturated carbocycles. The molecule has 0 aromatic carbocycles. The Morgan fingerprint density at radius 2 is 1.93 bits per heavy atom. The third-order valence-electron chi connectivity index (χ3n) is 2.41. The van der Waals surface area contributed by atoms with E-state index in [1.54, 1.807) is 6.33 Å². The summed E-state index contributed by atoms with van der Waals surface area (Å²) in [6, 6.07) is 2.13. The van der Waals surface area contributed by atoms with Gasteiger partial charge in [-0.2, -0.15) is 0 Å². The van der Waals surface area contributed by atoms with Gasteiger partial charge in [0.25, 0.3) is 0 Å². The molecule has 0 N–H and O–H groups in total. The van der Waals surface area contributed by atoms with Gasteiger partial charge in [0.05, 0.1) is 0 Å². The third kappa shape index (κ3) is 4.29. The van der Waals surface area contributed by atoms with Crippen molar-refractivity contribution in [1.82, 2.24) is 9.97 Å². The zero-order valence-electron chi connectivity index (χ0n) is 9.70. The fourth-order valence-electron chi connectivity index (χ4n) is 1.38. The molecule has 1 heterocycles. The molecule has 0 bridgehead atoms. The van der Waals surface area contributed by atoms with Crippen LogP contribution in [-0.2, 0) is 12.8 Å². The summed E-state index contributed by atoms with van der Waals surface area (Å²) in [7, 11) is 0. The molecule has 0 saturated heterocycles. The Balaban J connectivity index is 2.64. The normalized spacial score (nSPS) is 13.1. The molecule has 0 aliphatic heterocycles. The average Bonchev–Trinajstić information content (AvgIpc) is 2.18. The van der Waals surface area contributed by atoms with E-state index in [1.807, 2.05) is 0 Å². The lowest BCUT2D eigenvalue weighted by atomic mass is 10.1. The van der Waals surface area contributed by atoms with Crippen molar-refractivity contribution in [2.24, 2.45) is 5.92 Å². The van der Waals surface area contributed by atoms with Crippen molar-refractivity contribution in [1.29, 1.82) is 0 Å². The third-order valence-corrected chi connectivity index (χ3v) is 3.80. The fourth-order valence-corrected chi connectivity index (χ4v) is 1.72. The predicted molar refractivity (Wildman–Crippen MR) is 67.3 cm³/mol. The molecule has 0 aliphatic rings. The first kappa shape index (κ1) is 12.6. The highest BCUT2D eigenvalue weighted by Gasteiger charge is 2.11. The van der Waals surface area contributed by atoms with Crippen molar-refractivity contribution in [3.8, 4) is 0 Å². The maximum atomic E-state index is 4.30. The van der Waals surface area contributed by atoms with Crippen LogP contribution < -0.4 is 0 Å². The number of aromatic nitrogens is 2. The Labute approximate surface area is 101 Å². The van der Waals surface area contributed by atoms with E-state index < -0.39 is 0 Å². The van der Waals surface area contributed by atoms with Crippen LogP contribution in [0, 0.1) is 5.92 Å². The zero-order chi connectivity index (χ0) is 11.3. The number of halogens is 1. The smallest absolute Gasteiger partial charge is 0.115 e. The number of aryl methyl sites for hydroxylation is 1. The first-order valence-corrected chi connectivity index (χ1v) is 6.49. The summed E-state index contributed by atoms with van der Waals surface area (Å²) < 4.78 is 0. The van der Waals surface area contributed by atoms with Gasteiger partial charge in [0, 0.05) is 22.6 Å². The summed E-state index contributed by atoms with van der Waals surface area (Å²) in [6.45, 7) is 6.60. The van der Waals surface area contributed by atoms with Crippen LogP contribution in [0.4, 0.5) is 0 Å². The van der Waals surface area contributed by atoms with Crippen LogP contribution in [0.3, 0.4) is 0 Å². The topological polar surface area (TPSA) is 25.8 Å². The summed E-state index contributed by atoms with van der Waals surface area (Å²) in [4.78, 5) is 9.06. The molecule has 1 atom stereocenters. The molecule has 1 unspecified atom stereocenters. The molecule has 3 heteroatoms. The SMILES string of the molecule is CCCc1cc(CC(Br)C(C)C)ncn1. The highest BCUT2D eigenvalue weighted by atomic mass is 79.9. The van der Waals surface area contributed by atoms with Crippen molar-refractivity contribution < 1.29 is 0 Å². The lowest BCUT2D eigenvalue weighted by Crippen LogP contribution is -2.12. The van der Waals surface area contributed by atoms with E-state index in [1.165, 1.54) is 0 Å². The Kier molecular flexibility index (Phi) is 5.23. The monoisotopic (exact) mass is 270 g/mol. The molecule has 0 amide bonds. The quantitative estimate of drug-likeness (QED) is 0.767. The van der Waals surface area contributed by atoms with Crippen LogP contribution in [0.1, 0.15) is 38.6 Å². The molecule has 84 valence electrons. The summed E-state index contributed by atoms with van der Waals surface area (Å²) >= 11 is 3.68. The fraction of sp³-hybridized carbons (Fsp3) is 0.667. The van der Waals surface area contributed by atoms with Gasteiger partial charge in [-0.3, -0.25) is 0 Å². The molecule has 15 heavy (non-hydrogen) atoms. The van der Waals surface area contributed by atoms with Gasteiger partial charge in [0.15, 0.2) is 0 Å². The van der Waals surface area contributed by atoms with Gasteiger partial charge in [-0.1, -0.05) is 43.1 Å². The zero-order valence-corrected chi connectivity index (χ0v) is 11.3. The van der Waals surface area contributed by atoms with Crippen LogP contribution in [-0.4, -0.2) is 14.8 Å². The minimum atomic E-state index is 0.502.